The normalized spacial score (nSPS) is 12.2. The lowest BCUT2D eigenvalue weighted by Crippen LogP contribution is -2.29. The molecule has 0 aliphatic rings. The van der Waals surface area contributed by atoms with Crippen molar-refractivity contribution in [3.8, 4) is 0 Å². The van der Waals surface area contributed by atoms with Gasteiger partial charge in [-0.15, -0.1) is 12.4 Å². The highest BCUT2D eigenvalue weighted by molar-refractivity contribution is 7.92. The summed E-state index contributed by atoms with van der Waals surface area (Å²) in [6.07, 6.45) is 1.07. The Labute approximate surface area is 132 Å². The zero-order valence-corrected chi connectivity index (χ0v) is 14.2. The van der Waals surface area contributed by atoms with Crippen LogP contribution in [0.3, 0.4) is 0 Å². The summed E-state index contributed by atoms with van der Waals surface area (Å²) < 4.78 is 25.0. The van der Waals surface area contributed by atoms with Gasteiger partial charge in [-0.05, 0) is 31.7 Å². The van der Waals surface area contributed by atoms with Gasteiger partial charge in [0.05, 0.1) is 17.6 Å². The summed E-state index contributed by atoms with van der Waals surface area (Å²) in [6.45, 7) is 4.22. The Morgan fingerprint density at radius 1 is 1.29 bits per heavy atom. The van der Waals surface area contributed by atoms with Gasteiger partial charge in [-0.25, -0.2) is 8.42 Å². The number of amides is 1. The molecule has 1 unspecified atom stereocenters. The van der Waals surface area contributed by atoms with E-state index in [9.17, 15) is 13.2 Å². The predicted octanol–water partition coefficient (Wildman–Crippen LogP) is 1.58. The van der Waals surface area contributed by atoms with Crippen LogP contribution in [0.5, 0.6) is 0 Å². The number of hydrogen-bond donors (Lipinski definition) is 3. The molecule has 0 radical (unpaired) electrons. The van der Waals surface area contributed by atoms with E-state index in [4.69, 9.17) is 0 Å². The zero-order valence-electron chi connectivity index (χ0n) is 12.6. The minimum Gasteiger partial charge on any atom is -0.324 e. The molecule has 0 spiro atoms. The molecule has 1 aromatic carbocycles. The Morgan fingerprint density at radius 3 is 2.43 bits per heavy atom. The van der Waals surface area contributed by atoms with E-state index in [1.807, 2.05) is 6.92 Å². The molecule has 120 valence electrons. The summed E-state index contributed by atoms with van der Waals surface area (Å²) in [7, 11) is -1.62. The zero-order chi connectivity index (χ0) is 15.3. The van der Waals surface area contributed by atoms with Crippen LogP contribution in [0, 0.1) is 12.8 Å². The van der Waals surface area contributed by atoms with Crippen molar-refractivity contribution in [1.29, 1.82) is 0 Å². The van der Waals surface area contributed by atoms with Crippen molar-refractivity contribution in [2.45, 2.75) is 13.8 Å². The standard InChI is InChI=1S/C13H21N3O3S.ClH/c1-9-5-6-11(16-20(4,18)19)12(7-9)15-13(17)10(2)8-14-3;/h5-7,10,14,16H,8H2,1-4H3,(H,15,17);1H. The second-order valence-corrected chi connectivity index (χ2v) is 6.62. The SMILES string of the molecule is CNCC(C)C(=O)Nc1cc(C)ccc1NS(C)(=O)=O.Cl. The Balaban J connectivity index is 0.00000400. The number of anilines is 2. The summed E-state index contributed by atoms with van der Waals surface area (Å²) in [6, 6.07) is 5.15. The highest BCUT2D eigenvalue weighted by atomic mass is 35.5. The molecule has 6 nitrogen and oxygen atoms in total. The number of hydrogen-bond acceptors (Lipinski definition) is 4. The average molecular weight is 336 g/mol. The van der Waals surface area contributed by atoms with Crippen molar-refractivity contribution in [2.24, 2.45) is 5.92 Å². The maximum atomic E-state index is 12.0. The van der Waals surface area contributed by atoms with Gasteiger partial charge < -0.3 is 10.6 Å². The van der Waals surface area contributed by atoms with Crippen molar-refractivity contribution >= 4 is 39.7 Å². The number of halogens is 1. The average Bonchev–Trinajstić information content (AvgIpc) is 2.31. The highest BCUT2D eigenvalue weighted by Crippen LogP contribution is 2.24. The number of rotatable bonds is 6. The lowest BCUT2D eigenvalue weighted by atomic mass is 10.1. The van der Waals surface area contributed by atoms with Crippen LogP contribution in [-0.2, 0) is 14.8 Å². The molecule has 1 aromatic rings. The van der Waals surface area contributed by atoms with Crippen LogP contribution in [0.15, 0.2) is 18.2 Å². The molecule has 0 fully saturated rings. The van der Waals surface area contributed by atoms with Crippen molar-refractivity contribution in [3.63, 3.8) is 0 Å². The molecule has 0 bridgehead atoms. The number of benzene rings is 1. The van der Waals surface area contributed by atoms with E-state index in [1.165, 1.54) is 0 Å². The molecule has 3 N–H and O–H groups in total. The monoisotopic (exact) mass is 335 g/mol. The number of aryl methyl sites for hydroxylation is 1. The minimum absolute atomic E-state index is 0. The second kappa shape index (κ2) is 8.21. The third-order valence-electron chi connectivity index (χ3n) is 2.69. The van der Waals surface area contributed by atoms with Crippen LogP contribution in [0.2, 0.25) is 0 Å². The first-order valence-corrected chi connectivity index (χ1v) is 8.16. The molecule has 21 heavy (non-hydrogen) atoms. The van der Waals surface area contributed by atoms with Crippen molar-refractivity contribution in [1.82, 2.24) is 5.32 Å². The lowest BCUT2D eigenvalue weighted by molar-refractivity contribution is -0.119. The first kappa shape index (κ1) is 19.7. The summed E-state index contributed by atoms with van der Waals surface area (Å²) >= 11 is 0. The molecule has 0 saturated heterocycles. The smallest absolute Gasteiger partial charge is 0.229 e. The molecule has 1 atom stereocenters. The van der Waals surface area contributed by atoms with Crippen LogP contribution in [0.25, 0.3) is 0 Å². The van der Waals surface area contributed by atoms with Gasteiger partial charge in [-0.3, -0.25) is 9.52 Å². The van der Waals surface area contributed by atoms with Gasteiger partial charge in [0.1, 0.15) is 0 Å². The third-order valence-corrected chi connectivity index (χ3v) is 3.28. The summed E-state index contributed by atoms with van der Waals surface area (Å²) in [5, 5.41) is 5.68. The molecule has 8 heteroatoms. The maximum absolute atomic E-state index is 12.0. The topological polar surface area (TPSA) is 87.3 Å². The third kappa shape index (κ3) is 6.79. The molecule has 0 saturated carbocycles. The fourth-order valence-electron chi connectivity index (χ4n) is 1.71. The van der Waals surface area contributed by atoms with Gasteiger partial charge in [0.15, 0.2) is 0 Å². The molecular formula is C13H22ClN3O3S. The second-order valence-electron chi connectivity index (χ2n) is 4.87. The largest absolute Gasteiger partial charge is 0.324 e. The quantitative estimate of drug-likeness (QED) is 0.736. The Hall–Kier alpha value is -1.31. The van der Waals surface area contributed by atoms with Gasteiger partial charge in [-0.2, -0.15) is 0 Å². The number of carbonyl (C=O) groups is 1. The van der Waals surface area contributed by atoms with E-state index in [-0.39, 0.29) is 24.2 Å². The van der Waals surface area contributed by atoms with Crippen LogP contribution in [0.4, 0.5) is 11.4 Å². The molecular weight excluding hydrogens is 314 g/mol. The van der Waals surface area contributed by atoms with Crippen molar-refractivity contribution in [2.75, 3.05) is 29.9 Å². The molecule has 0 aliphatic heterocycles. The van der Waals surface area contributed by atoms with Gasteiger partial charge >= 0.3 is 0 Å². The van der Waals surface area contributed by atoms with Gasteiger partial charge in [0.2, 0.25) is 15.9 Å². The van der Waals surface area contributed by atoms with E-state index in [1.54, 1.807) is 32.2 Å². The van der Waals surface area contributed by atoms with E-state index in [2.05, 4.69) is 15.4 Å². The van der Waals surface area contributed by atoms with E-state index in [0.29, 0.717) is 17.9 Å². The fraction of sp³-hybridized carbons (Fsp3) is 0.462. The van der Waals surface area contributed by atoms with E-state index in [0.717, 1.165) is 11.8 Å². The number of sulfonamides is 1. The maximum Gasteiger partial charge on any atom is 0.229 e. The van der Waals surface area contributed by atoms with Crippen molar-refractivity contribution in [3.05, 3.63) is 23.8 Å². The summed E-state index contributed by atoms with van der Waals surface area (Å²) in [5.41, 5.74) is 1.76. The first-order valence-electron chi connectivity index (χ1n) is 6.27. The minimum atomic E-state index is -3.39. The molecule has 0 aromatic heterocycles. The Kier molecular flexibility index (Phi) is 7.70. The predicted molar refractivity (Wildman–Crippen MR) is 88.6 cm³/mol. The van der Waals surface area contributed by atoms with Gasteiger partial charge in [0.25, 0.3) is 0 Å². The van der Waals surface area contributed by atoms with Crippen LogP contribution < -0.4 is 15.4 Å². The molecule has 1 amide bonds. The Morgan fingerprint density at radius 2 is 1.90 bits per heavy atom. The van der Waals surface area contributed by atoms with Crippen LogP contribution in [0.1, 0.15) is 12.5 Å². The van der Waals surface area contributed by atoms with E-state index >= 15 is 0 Å². The van der Waals surface area contributed by atoms with Gasteiger partial charge in [-0.1, -0.05) is 13.0 Å². The number of carbonyl (C=O) groups excluding carboxylic acids is 1. The van der Waals surface area contributed by atoms with Crippen LogP contribution in [-0.4, -0.2) is 34.2 Å². The van der Waals surface area contributed by atoms with Gasteiger partial charge in [0, 0.05) is 12.5 Å². The summed E-state index contributed by atoms with van der Waals surface area (Å²) in [5.74, 6) is -0.381. The van der Waals surface area contributed by atoms with Crippen LogP contribution >= 0.6 is 12.4 Å². The van der Waals surface area contributed by atoms with Crippen molar-refractivity contribution < 1.29 is 13.2 Å². The first-order chi connectivity index (χ1) is 9.23. The fourth-order valence-corrected chi connectivity index (χ4v) is 2.28. The number of nitrogens with one attached hydrogen (secondary N) is 3. The highest BCUT2D eigenvalue weighted by Gasteiger charge is 2.15. The molecule has 1 rings (SSSR count). The summed E-state index contributed by atoms with van der Waals surface area (Å²) in [4.78, 5) is 12.0. The lowest BCUT2D eigenvalue weighted by Gasteiger charge is -2.15. The molecule has 0 heterocycles. The Bertz CT molecular complexity index is 590. The molecule has 0 aliphatic carbocycles. The van der Waals surface area contributed by atoms with E-state index < -0.39 is 10.0 Å².